The van der Waals surface area contributed by atoms with Gasteiger partial charge < -0.3 is 14.4 Å². The predicted molar refractivity (Wildman–Crippen MR) is 113 cm³/mol. The minimum Gasteiger partial charge on any atom is -0.493 e. The summed E-state index contributed by atoms with van der Waals surface area (Å²) in [6.07, 6.45) is 0.739. The molecule has 1 heterocycles. The molecule has 0 spiro atoms. The van der Waals surface area contributed by atoms with Gasteiger partial charge in [0.25, 0.3) is 5.91 Å². The largest absolute Gasteiger partial charge is 0.493 e. The number of hydrogen-bond donors (Lipinski definition) is 0. The second-order valence-corrected chi connectivity index (χ2v) is 7.64. The van der Waals surface area contributed by atoms with Crippen molar-refractivity contribution in [2.75, 3.05) is 20.8 Å². The third kappa shape index (κ3) is 4.93. The number of carbonyl (C=O) groups excluding carboxylic acids is 1. The van der Waals surface area contributed by atoms with Crippen LogP contribution in [0.3, 0.4) is 0 Å². The fourth-order valence-corrected chi connectivity index (χ4v) is 3.74. The molecule has 1 aromatic heterocycles. The number of methoxy groups -OCH3 is 2. The SMILES string of the molecule is COc1ccc(CCN(Cc2cccs2)C(=O)c2ccc(C)cc2)cc1OC. The van der Waals surface area contributed by atoms with Gasteiger partial charge in [-0.25, -0.2) is 0 Å². The summed E-state index contributed by atoms with van der Waals surface area (Å²) >= 11 is 1.67. The molecule has 0 saturated carbocycles. The first-order valence-corrected chi connectivity index (χ1v) is 10.1. The van der Waals surface area contributed by atoms with Crippen LogP contribution >= 0.6 is 11.3 Å². The zero-order valence-corrected chi connectivity index (χ0v) is 17.3. The van der Waals surface area contributed by atoms with Crippen LogP contribution in [0, 0.1) is 6.92 Å². The maximum absolute atomic E-state index is 13.1. The van der Waals surface area contributed by atoms with Crippen LogP contribution in [0.2, 0.25) is 0 Å². The van der Waals surface area contributed by atoms with E-state index in [1.54, 1.807) is 25.6 Å². The summed E-state index contributed by atoms with van der Waals surface area (Å²) in [6.45, 7) is 3.26. The summed E-state index contributed by atoms with van der Waals surface area (Å²) in [5.41, 5.74) is 2.96. The Morgan fingerprint density at radius 2 is 1.75 bits per heavy atom. The average Bonchev–Trinajstić information content (AvgIpc) is 3.24. The average molecular weight is 396 g/mol. The Morgan fingerprint density at radius 3 is 2.39 bits per heavy atom. The Morgan fingerprint density at radius 1 is 1.00 bits per heavy atom. The van der Waals surface area contributed by atoms with Crippen molar-refractivity contribution in [2.45, 2.75) is 19.9 Å². The molecule has 3 rings (SSSR count). The normalized spacial score (nSPS) is 10.5. The van der Waals surface area contributed by atoms with E-state index in [0.717, 1.165) is 23.1 Å². The first-order valence-electron chi connectivity index (χ1n) is 9.20. The molecule has 0 unspecified atom stereocenters. The van der Waals surface area contributed by atoms with Gasteiger partial charge in [0.05, 0.1) is 20.8 Å². The van der Waals surface area contributed by atoms with Gasteiger partial charge in [0, 0.05) is 17.0 Å². The third-order valence-electron chi connectivity index (χ3n) is 4.63. The van der Waals surface area contributed by atoms with E-state index >= 15 is 0 Å². The van der Waals surface area contributed by atoms with Crippen molar-refractivity contribution < 1.29 is 14.3 Å². The number of thiophene rings is 1. The number of carbonyl (C=O) groups is 1. The molecule has 0 saturated heterocycles. The van der Waals surface area contributed by atoms with Crippen molar-refractivity contribution in [1.82, 2.24) is 4.90 Å². The van der Waals surface area contributed by atoms with E-state index in [9.17, 15) is 4.79 Å². The summed E-state index contributed by atoms with van der Waals surface area (Å²) in [6, 6.07) is 17.7. The van der Waals surface area contributed by atoms with Gasteiger partial charge in [-0.15, -0.1) is 11.3 Å². The van der Waals surface area contributed by atoms with Crippen molar-refractivity contribution in [3.05, 3.63) is 81.5 Å². The summed E-state index contributed by atoms with van der Waals surface area (Å²) in [4.78, 5) is 16.2. The molecule has 5 heteroatoms. The number of nitrogens with zero attached hydrogens (tertiary/aromatic N) is 1. The highest BCUT2D eigenvalue weighted by molar-refractivity contribution is 7.09. The molecule has 0 fully saturated rings. The lowest BCUT2D eigenvalue weighted by Crippen LogP contribution is -2.32. The lowest BCUT2D eigenvalue weighted by Gasteiger charge is -2.23. The summed E-state index contributed by atoms with van der Waals surface area (Å²) in [5, 5.41) is 2.04. The van der Waals surface area contributed by atoms with Gasteiger partial charge >= 0.3 is 0 Å². The molecule has 28 heavy (non-hydrogen) atoms. The monoisotopic (exact) mass is 395 g/mol. The van der Waals surface area contributed by atoms with E-state index in [1.165, 1.54) is 4.88 Å². The number of benzene rings is 2. The molecular formula is C23H25NO3S. The predicted octanol–water partition coefficient (Wildman–Crippen LogP) is 4.96. The number of amides is 1. The van der Waals surface area contributed by atoms with Gasteiger partial charge in [0.2, 0.25) is 0 Å². The molecular weight excluding hydrogens is 370 g/mol. The molecule has 0 atom stereocenters. The van der Waals surface area contributed by atoms with Crippen LogP contribution in [0.15, 0.2) is 60.0 Å². The van der Waals surface area contributed by atoms with Crippen molar-refractivity contribution in [3.8, 4) is 11.5 Å². The molecule has 0 aliphatic heterocycles. The van der Waals surface area contributed by atoms with Crippen molar-refractivity contribution in [2.24, 2.45) is 0 Å². The molecule has 4 nitrogen and oxygen atoms in total. The van der Waals surface area contributed by atoms with Crippen LogP contribution in [-0.4, -0.2) is 31.6 Å². The first kappa shape index (κ1) is 20.0. The van der Waals surface area contributed by atoms with Gasteiger partial charge in [-0.1, -0.05) is 29.8 Å². The Bertz CT molecular complexity index is 904. The molecule has 2 aromatic carbocycles. The summed E-state index contributed by atoms with van der Waals surface area (Å²) in [5.74, 6) is 1.46. The molecule has 0 aliphatic carbocycles. The van der Waals surface area contributed by atoms with E-state index < -0.39 is 0 Å². The van der Waals surface area contributed by atoms with E-state index in [1.807, 2.05) is 65.7 Å². The Balaban J connectivity index is 1.77. The van der Waals surface area contributed by atoms with Gasteiger partial charge in [-0.05, 0) is 54.6 Å². The first-order chi connectivity index (χ1) is 13.6. The number of ether oxygens (including phenoxy) is 2. The number of aryl methyl sites for hydroxylation is 1. The molecule has 0 radical (unpaired) electrons. The minimum absolute atomic E-state index is 0.0499. The highest BCUT2D eigenvalue weighted by Crippen LogP contribution is 2.28. The fourth-order valence-electron chi connectivity index (χ4n) is 3.02. The second kappa shape index (κ2) is 9.42. The smallest absolute Gasteiger partial charge is 0.254 e. The van der Waals surface area contributed by atoms with Crippen LogP contribution in [0.1, 0.15) is 26.4 Å². The van der Waals surface area contributed by atoms with E-state index in [-0.39, 0.29) is 5.91 Å². The van der Waals surface area contributed by atoms with Gasteiger partial charge in [0.1, 0.15) is 0 Å². The summed E-state index contributed by atoms with van der Waals surface area (Å²) in [7, 11) is 3.26. The van der Waals surface area contributed by atoms with Crippen molar-refractivity contribution >= 4 is 17.2 Å². The van der Waals surface area contributed by atoms with Gasteiger partial charge in [0.15, 0.2) is 11.5 Å². The maximum atomic E-state index is 13.1. The van der Waals surface area contributed by atoms with Crippen LogP contribution in [0.5, 0.6) is 11.5 Å². The third-order valence-corrected chi connectivity index (χ3v) is 5.49. The van der Waals surface area contributed by atoms with Crippen LogP contribution in [-0.2, 0) is 13.0 Å². The highest BCUT2D eigenvalue weighted by Gasteiger charge is 2.17. The number of rotatable bonds is 8. The van der Waals surface area contributed by atoms with Gasteiger partial charge in [-0.2, -0.15) is 0 Å². The van der Waals surface area contributed by atoms with E-state index in [4.69, 9.17) is 9.47 Å². The van der Waals surface area contributed by atoms with Crippen LogP contribution < -0.4 is 9.47 Å². The summed E-state index contributed by atoms with van der Waals surface area (Å²) < 4.78 is 10.7. The molecule has 146 valence electrons. The fraction of sp³-hybridized carbons (Fsp3) is 0.261. The maximum Gasteiger partial charge on any atom is 0.254 e. The molecule has 0 aliphatic rings. The molecule has 0 bridgehead atoms. The second-order valence-electron chi connectivity index (χ2n) is 6.61. The molecule has 1 amide bonds. The topological polar surface area (TPSA) is 38.8 Å². The van der Waals surface area contributed by atoms with E-state index in [0.29, 0.717) is 24.6 Å². The lowest BCUT2D eigenvalue weighted by atomic mass is 10.1. The van der Waals surface area contributed by atoms with E-state index in [2.05, 4.69) is 6.07 Å². The molecule has 0 N–H and O–H groups in total. The molecule has 3 aromatic rings. The zero-order chi connectivity index (χ0) is 19.9. The zero-order valence-electron chi connectivity index (χ0n) is 16.5. The van der Waals surface area contributed by atoms with Crippen molar-refractivity contribution in [1.29, 1.82) is 0 Å². The Labute approximate surface area is 170 Å². The Kier molecular flexibility index (Phi) is 6.71. The lowest BCUT2D eigenvalue weighted by molar-refractivity contribution is 0.0746. The highest BCUT2D eigenvalue weighted by atomic mass is 32.1. The Hall–Kier alpha value is -2.79. The number of hydrogen-bond acceptors (Lipinski definition) is 4. The van der Waals surface area contributed by atoms with Crippen LogP contribution in [0.4, 0.5) is 0 Å². The quantitative estimate of drug-likeness (QED) is 0.541. The standard InChI is InChI=1S/C23H25NO3S/c1-17-6-9-19(10-7-17)23(25)24(16-20-5-4-14-28-20)13-12-18-8-11-21(26-2)22(15-18)27-3/h4-11,14-15H,12-13,16H2,1-3H3. The van der Waals surface area contributed by atoms with Gasteiger partial charge in [-0.3, -0.25) is 4.79 Å². The van der Waals surface area contributed by atoms with Crippen LogP contribution in [0.25, 0.3) is 0 Å². The van der Waals surface area contributed by atoms with Crippen molar-refractivity contribution in [3.63, 3.8) is 0 Å². The minimum atomic E-state index is 0.0499.